The Kier molecular flexibility index (Phi) is 4.16. The van der Waals surface area contributed by atoms with Crippen molar-refractivity contribution in [3.8, 4) is 0 Å². The SMILES string of the molecule is CC1C2=C(C(C)c3c1oc1ccccc1c3=O)C(C)c1c(sc3ccccc3c1=O)C2C. The van der Waals surface area contributed by atoms with Crippen molar-refractivity contribution in [1.82, 2.24) is 0 Å². The van der Waals surface area contributed by atoms with Gasteiger partial charge in [-0.15, -0.1) is 11.3 Å². The summed E-state index contributed by atoms with van der Waals surface area (Å²) in [7, 11) is 0. The zero-order valence-electron chi connectivity index (χ0n) is 18.6. The standard InChI is InChI=1S/C28H24O3S/c1-13-21-14(2)24-26(30)18-10-6-8-12-20(18)32-28(24)16(4)22(21)15(3)27-23(13)25(29)17-9-5-7-11-19(17)31-27/h5-16H,1-4H3. The molecule has 4 aromatic rings. The molecule has 3 nitrogen and oxygen atoms in total. The first kappa shape index (κ1) is 19.7. The summed E-state index contributed by atoms with van der Waals surface area (Å²) in [6.45, 7) is 8.60. The van der Waals surface area contributed by atoms with Crippen molar-refractivity contribution in [1.29, 1.82) is 0 Å². The number of allylic oxidation sites excluding steroid dienone is 2. The van der Waals surface area contributed by atoms with Gasteiger partial charge in [-0.2, -0.15) is 0 Å². The number of rotatable bonds is 0. The van der Waals surface area contributed by atoms with E-state index < -0.39 is 0 Å². The summed E-state index contributed by atoms with van der Waals surface area (Å²) in [6, 6.07) is 15.4. The molecule has 0 spiro atoms. The minimum atomic E-state index is -0.0847. The van der Waals surface area contributed by atoms with Crippen LogP contribution in [0.4, 0.5) is 0 Å². The van der Waals surface area contributed by atoms with Crippen LogP contribution < -0.4 is 10.9 Å². The Labute approximate surface area is 190 Å². The monoisotopic (exact) mass is 440 g/mol. The quantitative estimate of drug-likeness (QED) is 0.282. The van der Waals surface area contributed by atoms with Crippen LogP contribution in [0.3, 0.4) is 0 Å². The molecule has 0 fully saturated rings. The Morgan fingerprint density at radius 2 is 1.28 bits per heavy atom. The van der Waals surface area contributed by atoms with Crippen LogP contribution in [0.25, 0.3) is 21.1 Å². The molecule has 2 aliphatic rings. The zero-order chi connectivity index (χ0) is 22.3. The molecule has 2 aromatic carbocycles. The van der Waals surface area contributed by atoms with Gasteiger partial charge in [0.25, 0.3) is 0 Å². The van der Waals surface area contributed by atoms with Crippen molar-refractivity contribution in [2.24, 2.45) is 0 Å². The number of para-hydroxylation sites is 1. The van der Waals surface area contributed by atoms with E-state index in [1.54, 1.807) is 11.3 Å². The maximum Gasteiger partial charge on any atom is 0.196 e. The molecule has 2 heterocycles. The van der Waals surface area contributed by atoms with E-state index in [0.717, 1.165) is 31.9 Å². The second kappa shape index (κ2) is 6.76. The summed E-state index contributed by atoms with van der Waals surface area (Å²) in [5.74, 6) is 0.781. The van der Waals surface area contributed by atoms with Crippen molar-refractivity contribution < 1.29 is 4.42 Å². The molecule has 32 heavy (non-hydrogen) atoms. The number of hydrogen-bond donors (Lipinski definition) is 0. The second-order valence-electron chi connectivity index (χ2n) is 9.21. The molecular formula is C28H24O3S. The normalized spacial score (nSPS) is 24.4. The Morgan fingerprint density at radius 1 is 0.688 bits per heavy atom. The van der Waals surface area contributed by atoms with Crippen LogP contribution in [0.15, 0.2) is 73.7 Å². The largest absolute Gasteiger partial charge is 0.460 e. The first-order valence-corrected chi connectivity index (χ1v) is 12.1. The first-order chi connectivity index (χ1) is 15.4. The lowest BCUT2D eigenvalue weighted by Crippen LogP contribution is -2.32. The van der Waals surface area contributed by atoms with Crippen LogP contribution in [0, 0.1) is 0 Å². The zero-order valence-corrected chi connectivity index (χ0v) is 19.4. The lowest BCUT2D eigenvalue weighted by atomic mass is 9.64. The van der Waals surface area contributed by atoms with Gasteiger partial charge in [0.05, 0.1) is 5.39 Å². The number of hydrogen-bond acceptors (Lipinski definition) is 4. The third-order valence-corrected chi connectivity index (χ3v) is 8.94. The van der Waals surface area contributed by atoms with Gasteiger partial charge in [0.15, 0.2) is 10.9 Å². The van der Waals surface area contributed by atoms with Crippen LogP contribution in [-0.4, -0.2) is 0 Å². The number of benzene rings is 2. The summed E-state index contributed by atoms with van der Waals surface area (Å²) < 4.78 is 7.41. The van der Waals surface area contributed by atoms with Gasteiger partial charge in [0, 0.05) is 49.8 Å². The molecule has 6 rings (SSSR count). The second-order valence-corrected chi connectivity index (χ2v) is 10.3. The van der Waals surface area contributed by atoms with E-state index in [2.05, 4.69) is 27.7 Å². The molecule has 0 aliphatic heterocycles. The average Bonchev–Trinajstić information content (AvgIpc) is 2.79. The van der Waals surface area contributed by atoms with Gasteiger partial charge in [-0.05, 0) is 24.3 Å². The van der Waals surface area contributed by atoms with E-state index in [0.29, 0.717) is 11.0 Å². The van der Waals surface area contributed by atoms with Crippen LogP contribution in [-0.2, 0) is 0 Å². The molecule has 0 amide bonds. The van der Waals surface area contributed by atoms with E-state index in [1.165, 1.54) is 11.1 Å². The molecule has 2 aromatic heterocycles. The fourth-order valence-corrected chi connectivity index (χ4v) is 7.49. The molecule has 160 valence electrons. The summed E-state index contributed by atoms with van der Waals surface area (Å²) in [5, 5.41) is 1.42. The van der Waals surface area contributed by atoms with E-state index in [4.69, 9.17) is 4.42 Å². The highest BCUT2D eigenvalue weighted by Gasteiger charge is 2.43. The van der Waals surface area contributed by atoms with Crippen LogP contribution in [0.2, 0.25) is 0 Å². The highest BCUT2D eigenvalue weighted by atomic mass is 32.1. The highest BCUT2D eigenvalue weighted by molar-refractivity contribution is 7.18. The molecule has 2 aliphatic carbocycles. The summed E-state index contributed by atoms with van der Waals surface area (Å²) in [5.41, 5.74) is 5.05. The Bertz CT molecular complexity index is 1470. The molecule has 4 atom stereocenters. The predicted molar refractivity (Wildman–Crippen MR) is 131 cm³/mol. The first-order valence-electron chi connectivity index (χ1n) is 11.2. The minimum Gasteiger partial charge on any atom is -0.460 e. The van der Waals surface area contributed by atoms with E-state index in [-0.39, 0.29) is 34.5 Å². The van der Waals surface area contributed by atoms with Gasteiger partial charge in [0.1, 0.15) is 11.3 Å². The molecule has 0 bridgehead atoms. The maximum absolute atomic E-state index is 13.6. The fourth-order valence-electron chi connectivity index (χ4n) is 6.15. The van der Waals surface area contributed by atoms with E-state index >= 15 is 0 Å². The topological polar surface area (TPSA) is 47.3 Å². The van der Waals surface area contributed by atoms with E-state index in [1.807, 2.05) is 48.5 Å². The number of fused-ring (bicyclic) bond motifs is 4. The van der Waals surface area contributed by atoms with Crippen molar-refractivity contribution in [2.45, 2.75) is 51.4 Å². The summed E-state index contributed by atoms with van der Waals surface area (Å²) in [4.78, 5) is 28.3. The van der Waals surface area contributed by atoms with Gasteiger partial charge in [-0.3, -0.25) is 9.59 Å². The Morgan fingerprint density at radius 3 is 2.06 bits per heavy atom. The Hall–Kier alpha value is -2.98. The fraction of sp³-hybridized carbons (Fsp3) is 0.286. The van der Waals surface area contributed by atoms with Gasteiger partial charge < -0.3 is 4.42 Å². The third kappa shape index (κ3) is 2.42. The molecule has 4 unspecified atom stereocenters. The summed E-state index contributed by atoms with van der Waals surface area (Å²) in [6.07, 6.45) is 0. The average molecular weight is 441 g/mol. The smallest absolute Gasteiger partial charge is 0.196 e. The summed E-state index contributed by atoms with van der Waals surface area (Å²) >= 11 is 1.73. The van der Waals surface area contributed by atoms with E-state index in [9.17, 15) is 9.59 Å². The molecule has 0 N–H and O–H groups in total. The lowest BCUT2D eigenvalue weighted by molar-refractivity contribution is 0.467. The predicted octanol–water partition coefficient (Wildman–Crippen LogP) is 6.81. The van der Waals surface area contributed by atoms with Gasteiger partial charge >= 0.3 is 0 Å². The van der Waals surface area contributed by atoms with Crippen LogP contribution in [0.1, 0.15) is 73.1 Å². The van der Waals surface area contributed by atoms with Crippen molar-refractivity contribution in [3.63, 3.8) is 0 Å². The molecule has 4 heteroatoms. The van der Waals surface area contributed by atoms with Crippen LogP contribution in [0.5, 0.6) is 0 Å². The van der Waals surface area contributed by atoms with Crippen molar-refractivity contribution >= 4 is 32.4 Å². The molecule has 0 saturated heterocycles. The minimum absolute atomic E-state index is 0.00659. The molecule has 0 saturated carbocycles. The van der Waals surface area contributed by atoms with Crippen molar-refractivity contribution in [2.75, 3.05) is 0 Å². The van der Waals surface area contributed by atoms with Crippen molar-refractivity contribution in [3.05, 3.63) is 102 Å². The molecule has 0 radical (unpaired) electrons. The Balaban J connectivity index is 1.65. The maximum atomic E-state index is 13.6. The van der Waals surface area contributed by atoms with Crippen LogP contribution >= 0.6 is 11.3 Å². The third-order valence-electron chi connectivity index (χ3n) is 7.58. The van der Waals surface area contributed by atoms with Gasteiger partial charge in [-0.25, -0.2) is 0 Å². The van der Waals surface area contributed by atoms with Gasteiger partial charge in [0.2, 0.25) is 0 Å². The lowest BCUT2D eigenvalue weighted by Gasteiger charge is -2.41. The van der Waals surface area contributed by atoms with Gasteiger partial charge in [-0.1, -0.05) is 63.1 Å². The molecular weight excluding hydrogens is 416 g/mol. The highest BCUT2D eigenvalue weighted by Crippen LogP contribution is 2.56.